The van der Waals surface area contributed by atoms with E-state index >= 15 is 0 Å². The second kappa shape index (κ2) is 9.27. The number of H-pyrrole nitrogens is 1. The Morgan fingerprint density at radius 2 is 1.61 bits per heavy atom. The fraction of sp³-hybridized carbons (Fsp3) is 0.0968. The summed E-state index contributed by atoms with van der Waals surface area (Å²) in [5, 5.41) is 3.99. The lowest BCUT2D eigenvalue weighted by atomic mass is 10.0. The van der Waals surface area contributed by atoms with Crippen molar-refractivity contribution in [1.29, 1.82) is 0 Å². The van der Waals surface area contributed by atoms with E-state index in [-0.39, 0.29) is 18.2 Å². The molecule has 4 nitrogen and oxygen atoms in total. The quantitative estimate of drug-likeness (QED) is 0.200. The van der Waals surface area contributed by atoms with E-state index in [0.717, 1.165) is 49.5 Å². The molecule has 1 N–H and O–H groups in total. The molecule has 36 heavy (non-hydrogen) atoms. The lowest BCUT2D eigenvalue weighted by Gasteiger charge is -2.08. The van der Waals surface area contributed by atoms with Crippen molar-refractivity contribution in [3.63, 3.8) is 0 Å². The van der Waals surface area contributed by atoms with Crippen LogP contribution in [0.5, 0.6) is 5.75 Å². The normalized spacial score (nSPS) is 11.4. The Bertz CT molecular complexity index is 1740. The number of aryl methyl sites for hydroxylation is 1. The van der Waals surface area contributed by atoms with E-state index in [0.29, 0.717) is 18.6 Å². The van der Waals surface area contributed by atoms with Crippen molar-refractivity contribution in [3.05, 3.63) is 108 Å². The maximum absolute atomic E-state index is 14.1. The van der Waals surface area contributed by atoms with Gasteiger partial charge in [0.2, 0.25) is 0 Å². The third-order valence-electron chi connectivity index (χ3n) is 6.48. The Labute approximate surface area is 207 Å². The number of benzene rings is 4. The van der Waals surface area contributed by atoms with Crippen molar-refractivity contribution >= 4 is 38.5 Å². The molecule has 0 aliphatic heterocycles. The summed E-state index contributed by atoms with van der Waals surface area (Å²) in [7, 11) is 0. The van der Waals surface area contributed by atoms with E-state index in [1.165, 1.54) is 6.07 Å². The molecule has 0 unspecified atom stereocenters. The SMILES string of the molecule is O=C(CCCc1c(-c2ccc3ccccc3n2)[nH]c2ccc(F)cc12)Oc1ccc2ccccc2c1. The van der Waals surface area contributed by atoms with Gasteiger partial charge in [0.1, 0.15) is 11.6 Å². The van der Waals surface area contributed by atoms with E-state index in [4.69, 9.17) is 9.72 Å². The number of aromatic nitrogens is 2. The molecule has 0 saturated heterocycles. The highest BCUT2D eigenvalue weighted by Gasteiger charge is 2.16. The average Bonchev–Trinajstić information content (AvgIpc) is 3.26. The molecular weight excluding hydrogens is 451 g/mol. The summed E-state index contributed by atoms with van der Waals surface area (Å²) in [5.41, 5.74) is 4.33. The van der Waals surface area contributed by atoms with Crippen LogP contribution in [0.4, 0.5) is 4.39 Å². The Morgan fingerprint density at radius 3 is 2.50 bits per heavy atom. The van der Waals surface area contributed by atoms with Crippen LogP contribution in [-0.2, 0) is 11.2 Å². The first-order valence-electron chi connectivity index (χ1n) is 12.0. The van der Waals surface area contributed by atoms with Crippen LogP contribution in [0.25, 0.3) is 44.0 Å². The minimum absolute atomic E-state index is 0.249. The van der Waals surface area contributed by atoms with Crippen molar-refractivity contribution < 1.29 is 13.9 Å². The summed E-state index contributed by atoms with van der Waals surface area (Å²) in [6.45, 7) is 0. The van der Waals surface area contributed by atoms with Crippen LogP contribution in [-0.4, -0.2) is 15.9 Å². The fourth-order valence-electron chi connectivity index (χ4n) is 4.73. The van der Waals surface area contributed by atoms with Crippen LogP contribution in [0.3, 0.4) is 0 Å². The smallest absolute Gasteiger partial charge is 0.311 e. The summed E-state index contributed by atoms with van der Waals surface area (Å²) < 4.78 is 19.7. The molecule has 0 atom stereocenters. The minimum atomic E-state index is -0.295. The fourth-order valence-corrected chi connectivity index (χ4v) is 4.73. The summed E-state index contributed by atoms with van der Waals surface area (Å²) in [4.78, 5) is 20.8. The predicted molar refractivity (Wildman–Crippen MR) is 142 cm³/mol. The molecule has 6 aromatic rings. The third-order valence-corrected chi connectivity index (χ3v) is 6.48. The number of hydrogen-bond acceptors (Lipinski definition) is 3. The van der Waals surface area contributed by atoms with E-state index in [9.17, 15) is 9.18 Å². The maximum Gasteiger partial charge on any atom is 0.311 e. The Morgan fingerprint density at radius 1 is 0.833 bits per heavy atom. The molecule has 4 aromatic carbocycles. The minimum Gasteiger partial charge on any atom is -0.427 e. The first-order chi connectivity index (χ1) is 17.6. The highest BCUT2D eigenvalue weighted by molar-refractivity contribution is 5.91. The van der Waals surface area contributed by atoms with Gasteiger partial charge < -0.3 is 9.72 Å². The van der Waals surface area contributed by atoms with Gasteiger partial charge in [0.15, 0.2) is 0 Å². The molecule has 0 fully saturated rings. The molecule has 6 rings (SSSR count). The first kappa shape index (κ1) is 22.0. The number of nitrogens with zero attached hydrogens (tertiary/aromatic N) is 1. The lowest BCUT2D eigenvalue weighted by Crippen LogP contribution is -2.08. The van der Waals surface area contributed by atoms with Gasteiger partial charge in [-0.1, -0.05) is 54.6 Å². The standard InChI is InChI=1S/C31H23FN2O2/c32-23-14-17-28-26(19-23)25(31(34-28)29-16-13-21-7-3-4-10-27(21)33-29)9-5-11-30(35)36-24-15-12-20-6-1-2-8-22(20)18-24/h1-4,6-8,10,12-19,34H,5,9,11H2. The summed E-state index contributed by atoms with van der Waals surface area (Å²) in [6, 6.07) is 30.3. The Kier molecular flexibility index (Phi) is 5.66. The molecule has 0 saturated carbocycles. The largest absolute Gasteiger partial charge is 0.427 e. The third kappa shape index (κ3) is 4.31. The van der Waals surface area contributed by atoms with Crippen LogP contribution >= 0.6 is 0 Å². The predicted octanol–water partition coefficient (Wildman–Crippen LogP) is 7.60. The van der Waals surface area contributed by atoms with Gasteiger partial charge in [-0.25, -0.2) is 9.37 Å². The number of aromatic amines is 1. The van der Waals surface area contributed by atoms with E-state index < -0.39 is 0 Å². The highest BCUT2D eigenvalue weighted by Crippen LogP contribution is 2.32. The number of carbonyl (C=O) groups is 1. The molecule has 0 spiro atoms. The van der Waals surface area contributed by atoms with Crippen molar-refractivity contribution in [3.8, 4) is 17.1 Å². The second-order valence-electron chi connectivity index (χ2n) is 8.89. The van der Waals surface area contributed by atoms with Gasteiger partial charge in [-0.15, -0.1) is 0 Å². The van der Waals surface area contributed by atoms with Crippen LogP contribution in [0.1, 0.15) is 18.4 Å². The molecular formula is C31H23FN2O2. The van der Waals surface area contributed by atoms with Crippen molar-refractivity contribution in [2.45, 2.75) is 19.3 Å². The summed E-state index contributed by atoms with van der Waals surface area (Å²) >= 11 is 0. The van der Waals surface area contributed by atoms with Crippen LogP contribution in [0, 0.1) is 5.82 Å². The van der Waals surface area contributed by atoms with Crippen LogP contribution < -0.4 is 4.74 Å². The number of ether oxygens (including phenoxy) is 1. The van der Waals surface area contributed by atoms with Crippen molar-refractivity contribution in [2.75, 3.05) is 0 Å². The van der Waals surface area contributed by atoms with Crippen LogP contribution in [0.2, 0.25) is 0 Å². The molecule has 0 radical (unpaired) electrons. The zero-order valence-electron chi connectivity index (χ0n) is 19.5. The van der Waals surface area contributed by atoms with Crippen molar-refractivity contribution in [2.24, 2.45) is 0 Å². The van der Waals surface area contributed by atoms with Gasteiger partial charge >= 0.3 is 5.97 Å². The molecule has 0 bridgehead atoms. The number of para-hydroxylation sites is 1. The lowest BCUT2D eigenvalue weighted by molar-refractivity contribution is -0.134. The number of rotatable bonds is 6. The molecule has 2 aromatic heterocycles. The van der Waals surface area contributed by atoms with E-state index in [1.807, 2.05) is 78.9 Å². The van der Waals surface area contributed by atoms with E-state index in [1.54, 1.807) is 12.1 Å². The zero-order chi connectivity index (χ0) is 24.5. The monoisotopic (exact) mass is 474 g/mol. The molecule has 0 amide bonds. The maximum atomic E-state index is 14.1. The van der Waals surface area contributed by atoms with Gasteiger partial charge in [0.25, 0.3) is 0 Å². The number of esters is 1. The van der Waals surface area contributed by atoms with Gasteiger partial charge in [0.05, 0.1) is 16.9 Å². The highest BCUT2D eigenvalue weighted by atomic mass is 19.1. The number of carbonyl (C=O) groups excluding carboxylic acids is 1. The van der Waals surface area contributed by atoms with E-state index in [2.05, 4.69) is 4.98 Å². The molecule has 176 valence electrons. The number of hydrogen-bond donors (Lipinski definition) is 1. The molecule has 2 heterocycles. The topological polar surface area (TPSA) is 55.0 Å². The number of halogens is 1. The van der Waals surface area contributed by atoms with Gasteiger partial charge in [-0.3, -0.25) is 4.79 Å². The Balaban J connectivity index is 1.24. The molecule has 0 aliphatic carbocycles. The van der Waals surface area contributed by atoms with Crippen LogP contribution in [0.15, 0.2) is 97.1 Å². The number of pyridine rings is 1. The van der Waals surface area contributed by atoms with Crippen molar-refractivity contribution in [1.82, 2.24) is 9.97 Å². The number of nitrogens with one attached hydrogen (secondary N) is 1. The molecule has 5 heteroatoms. The zero-order valence-corrected chi connectivity index (χ0v) is 19.5. The van der Waals surface area contributed by atoms with Gasteiger partial charge in [-0.2, -0.15) is 0 Å². The molecule has 0 aliphatic rings. The average molecular weight is 475 g/mol. The summed E-state index contributed by atoms with van der Waals surface area (Å²) in [6.07, 6.45) is 1.40. The Hall–Kier alpha value is -4.51. The van der Waals surface area contributed by atoms with Gasteiger partial charge in [-0.05, 0) is 71.6 Å². The first-order valence-corrected chi connectivity index (χ1v) is 12.0. The summed E-state index contributed by atoms with van der Waals surface area (Å²) in [5.74, 6) is -0.0490. The second-order valence-corrected chi connectivity index (χ2v) is 8.89. The van der Waals surface area contributed by atoms with Gasteiger partial charge in [0, 0.05) is 22.7 Å². The number of fused-ring (bicyclic) bond motifs is 3.